The summed E-state index contributed by atoms with van der Waals surface area (Å²) in [6.45, 7) is 7.93. The van der Waals surface area contributed by atoms with E-state index in [-0.39, 0.29) is 19.8 Å². The predicted octanol–water partition coefficient (Wildman–Crippen LogP) is 10.9. The largest absolute Gasteiger partial charge is 0.756 e. The molecular formula is C43H90NO8P. The first-order valence-electron chi connectivity index (χ1n) is 22.6. The molecule has 0 saturated heterocycles. The monoisotopic (exact) mass is 780 g/mol. The second kappa shape index (κ2) is 40.1. The van der Waals surface area contributed by atoms with Crippen molar-refractivity contribution in [2.24, 2.45) is 0 Å². The SMILES string of the molecule is CCCCCCCCCCCCCCCCOC[C@H](COP(=O)([O-])OCC[N+](C)(C)CCOCCO)OCCCCCCCCCCCCCCCC. The van der Waals surface area contributed by atoms with E-state index in [2.05, 4.69) is 13.8 Å². The fourth-order valence-corrected chi connectivity index (χ4v) is 7.23. The number of nitrogens with zero attached hydrogens (tertiary/aromatic N) is 1. The van der Waals surface area contributed by atoms with Gasteiger partial charge in [-0.3, -0.25) is 4.57 Å². The molecule has 0 saturated carbocycles. The van der Waals surface area contributed by atoms with Gasteiger partial charge in [-0.15, -0.1) is 0 Å². The molecule has 0 aromatic heterocycles. The van der Waals surface area contributed by atoms with E-state index in [0.717, 1.165) is 25.7 Å². The quantitative estimate of drug-likeness (QED) is 0.0370. The summed E-state index contributed by atoms with van der Waals surface area (Å²) in [5, 5.41) is 8.87. The Kier molecular flexibility index (Phi) is 40.1. The number of rotatable bonds is 45. The number of ether oxygens (including phenoxy) is 3. The van der Waals surface area contributed by atoms with Gasteiger partial charge < -0.3 is 37.7 Å². The fraction of sp³-hybridized carbons (Fsp3) is 1.00. The van der Waals surface area contributed by atoms with Crippen molar-refractivity contribution in [1.82, 2.24) is 0 Å². The van der Waals surface area contributed by atoms with Crippen LogP contribution < -0.4 is 4.89 Å². The topological polar surface area (TPSA) is 107 Å². The molecule has 0 bridgehead atoms. The summed E-state index contributed by atoms with van der Waals surface area (Å²) >= 11 is 0. The van der Waals surface area contributed by atoms with Crippen LogP contribution in [-0.2, 0) is 27.8 Å². The van der Waals surface area contributed by atoms with Gasteiger partial charge in [-0.2, -0.15) is 0 Å². The van der Waals surface area contributed by atoms with Crippen molar-refractivity contribution in [1.29, 1.82) is 0 Å². The molecule has 10 heteroatoms. The van der Waals surface area contributed by atoms with Crippen molar-refractivity contribution in [3.8, 4) is 0 Å². The van der Waals surface area contributed by atoms with Gasteiger partial charge in [0.2, 0.25) is 0 Å². The van der Waals surface area contributed by atoms with Gasteiger partial charge in [0.05, 0.1) is 47.1 Å². The van der Waals surface area contributed by atoms with E-state index in [1.807, 2.05) is 14.1 Å². The minimum absolute atomic E-state index is 0.0120. The van der Waals surface area contributed by atoms with Crippen LogP contribution in [0, 0.1) is 0 Å². The number of likely N-dealkylation sites (N-methyl/N-ethyl adjacent to an activating group) is 1. The van der Waals surface area contributed by atoms with Crippen molar-refractivity contribution in [3.05, 3.63) is 0 Å². The molecule has 0 spiro atoms. The van der Waals surface area contributed by atoms with E-state index in [4.69, 9.17) is 28.4 Å². The third-order valence-corrected chi connectivity index (χ3v) is 11.2. The van der Waals surface area contributed by atoms with Crippen molar-refractivity contribution < 1.29 is 42.3 Å². The Balaban J connectivity index is 4.29. The molecule has 0 heterocycles. The Labute approximate surface area is 329 Å². The Morgan fingerprint density at radius 2 is 0.887 bits per heavy atom. The van der Waals surface area contributed by atoms with E-state index in [0.29, 0.717) is 50.6 Å². The number of unbranched alkanes of at least 4 members (excludes halogenated alkanes) is 26. The van der Waals surface area contributed by atoms with Crippen molar-refractivity contribution in [3.63, 3.8) is 0 Å². The number of hydrogen-bond acceptors (Lipinski definition) is 8. The lowest BCUT2D eigenvalue weighted by atomic mass is 10.0. The highest BCUT2D eigenvalue weighted by Gasteiger charge is 2.20. The lowest BCUT2D eigenvalue weighted by Gasteiger charge is -2.31. The third kappa shape index (κ3) is 41.4. The standard InChI is InChI=1S/C43H90NO8P/c1-5-7-9-11-13-15-17-19-21-23-25-27-29-31-36-49-41-43(42-52-53(46,47)51-39-34-44(3,4)33-38-48-40-35-45)50-37-32-30-28-26-24-22-20-18-16-14-12-10-8-6-2/h43,45H,5-42H2,1-4H3/t43-/m1/s1. The summed E-state index contributed by atoms with van der Waals surface area (Å²) in [6.07, 6.45) is 36.3. The minimum Gasteiger partial charge on any atom is -0.756 e. The van der Waals surface area contributed by atoms with E-state index < -0.39 is 13.9 Å². The van der Waals surface area contributed by atoms with Crippen molar-refractivity contribution >= 4 is 7.82 Å². The van der Waals surface area contributed by atoms with Crippen LogP contribution in [0.2, 0.25) is 0 Å². The Morgan fingerprint density at radius 1 is 0.491 bits per heavy atom. The Bertz CT molecular complexity index is 775. The molecule has 0 aliphatic rings. The van der Waals surface area contributed by atoms with Crippen molar-refractivity contribution in [2.45, 2.75) is 200 Å². The Morgan fingerprint density at radius 3 is 1.32 bits per heavy atom. The first-order chi connectivity index (χ1) is 25.8. The lowest BCUT2D eigenvalue weighted by molar-refractivity contribution is -0.890. The number of quaternary nitrogens is 1. The molecule has 2 atom stereocenters. The molecule has 1 N–H and O–H groups in total. The maximum Gasteiger partial charge on any atom is 0.268 e. The van der Waals surface area contributed by atoms with Gasteiger partial charge in [0.15, 0.2) is 0 Å². The summed E-state index contributed by atoms with van der Waals surface area (Å²) in [5.74, 6) is 0. The average molecular weight is 780 g/mol. The van der Waals surface area contributed by atoms with E-state index >= 15 is 0 Å². The Hall–Kier alpha value is -0.0900. The second-order valence-electron chi connectivity index (χ2n) is 16.1. The van der Waals surface area contributed by atoms with Crippen LogP contribution in [0.15, 0.2) is 0 Å². The van der Waals surface area contributed by atoms with Crippen LogP contribution in [0.1, 0.15) is 194 Å². The van der Waals surface area contributed by atoms with Gasteiger partial charge in [0.1, 0.15) is 25.8 Å². The summed E-state index contributed by atoms with van der Waals surface area (Å²) in [6, 6.07) is 0. The highest BCUT2D eigenvalue weighted by atomic mass is 31.2. The first kappa shape index (κ1) is 52.9. The van der Waals surface area contributed by atoms with E-state index in [1.54, 1.807) is 0 Å². The van der Waals surface area contributed by atoms with Gasteiger partial charge in [0.25, 0.3) is 7.82 Å². The van der Waals surface area contributed by atoms with Gasteiger partial charge in [-0.05, 0) is 12.8 Å². The third-order valence-electron chi connectivity index (χ3n) is 10.2. The number of aliphatic hydroxyl groups is 1. The maximum absolute atomic E-state index is 12.6. The zero-order valence-corrected chi connectivity index (χ0v) is 36.5. The molecule has 0 aliphatic heterocycles. The molecule has 1 unspecified atom stereocenters. The summed E-state index contributed by atoms with van der Waals surface area (Å²) < 4.78 is 41.0. The number of hydrogen-bond donors (Lipinski definition) is 1. The van der Waals surface area contributed by atoms with E-state index in [9.17, 15) is 9.46 Å². The second-order valence-corrected chi connectivity index (χ2v) is 17.5. The van der Waals surface area contributed by atoms with Crippen LogP contribution in [0.25, 0.3) is 0 Å². The van der Waals surface area contributed by atoms with E-state index in [1.165, 1.54) is 154 Å². The fourth-order valence-electron chi connectivity index (χ4n) is 6.51. The molecule has 0 rings (SSSR count). The summed E-state index contributed by atoms with van der Waals surface area (Å²) in [5.41, 5.74) is 0. The maximum atomic E-state index is 12.6. The van der Waals surface area contributed by atoms with Crippen LogP contribution >= 0.6 is 7.82 Å². The highest BCUT2D eigenvalue weighted by molar-refractivity contribution is 7.45. The molecule has 0 fully saturated rings. The van der Waals surface area contributed by atoms with Gasteiger partial charge in [-0.25, -0.2) is 0 Å². The lowest BCUT2D eigenvalue weighted by Crippen LogP contribution is -2.44. The average Bonchev–Trinajstić information content (AvgIpc) is 3.13. The van der Waals surface area contributed by atoms with Crippen LogP contribution in [0.5, 0.6) is 0 Å². The summed E-state index contributed by atoms with van der Waals surface area (Å²) in [7, 11) is -0.510. The molecular weight excluding hydrogens is 689 g/mol. The molecule has 0 aromatic rings. The van der Waals surface area contributed by atoms with Crippen LogP contribution in [-0.4, -0.2) is 95.7 Å². The first-order valence-corrected chi connectivity index (χ1v) is 24.0. The minimum atomic E-state index is -4.48. The normalized spacial score (nSPS) is 13.8. The zero-order valence-electron chi connectivity index (χ0n) is 35.6. The smallest absolute Gasteiger partial charge is 0.268 e. The van der Waals surface area contributed by atoms with Gasteiger partial charge in [0, 0.05) is 13.2 Å². The molecule has 9 nitrogen and oxygen atoms in total. The van der Waals surface area contributed by atoms with Crippen molar-refractivity contribution in [2.75, 3.05) is 80.0 Å². The summed E-state index contributed by atoms with van der Waals surface area (Å²) in [4.78, 5) is 12.6. The predicted molar refractivity (Wildman–Crippen MR) is 220 cm³/mol. The number of phosphoric ester groups is 1. The number of phosphoric acid groups is 1. The zero-order chi connectivity index (χ0) is 39.0. The van der Waals surface area contributed by atoms with Crippen LogP contribution in [0.4, 0.5) is 0 Å². The molecule has 0 aromatic carbocycles. The molecule has 320 valence electrons. The molecule has 0 aliphatic carbocycles. The molecule has 0 radical (unpaired) electrons. The highest BCUT2D eigenvalue weighted by Crippen LogP contribution is 2.38. The molecule has 53 heavy (non-hydrogen) atoms. The van der Waals surface area contributed by atoms with Crippen LogP contribution in [0.3, 0.4) is 0 Å². The number of aliphatic hydroxyl groups excluding tert-OH is 1. The van der Waals surface area contributed by atoms with Gasteiger partial charge in [-0.1, -0.05) is 181 Å². The molecule has 0 amide bonds. The van der Waals surface area contributed by atoms with Gasteiger partial charge >= 0.3 is 0 Å².